The minimum atomic E-state index is -0.258. The number of amides is 1. The van der Waals surface area contributed by atoms with Crippen LogP contribution in [0.3, 0.4) is 0 Å². The van der Waals surface area contributed by atoms with Crippen LogP contribution in [0.1, 0.15) is 28.9 Å². The Labute approximate surface area is 173 Å². The van der Waals surface area contributed by atoms with Gasteiger partial charge >= 0.3 is 0 Å². The molecule has 0 fully saturated rings. The molecule has 0 aliphatic heterocycles. The van der Waals surface area contributed by atoms with E-state index in [1.807, 2.05) is 38.2 Å². The summed E-state index contributed by atoms with van der Waals surface area (Å²) in [7, 11) is 3.36. The van der Waals surface area contributed by atoms with Crippen molar-refractivity contribution in [1.29, 1.82) is 0 Å². The maximum atomic E-state index is 12.5. The van der Waals surface area contributed by atoms with Crippen LogP contribution in [0.4, 0.5) is 11.5 Å². The smallest absolute Gasteiger partial charge is 0.257 e. The first kappa shape index (κ1) is 19.3. The maximum absolute atomic E-state index is 12.5. The summed E-state index contributed by atoms with van der Waals surface area (Å²) in [6.45, 7) is 2.02. The van der Waals surface area contributed by atoms with Crippen LogP contribution in [0.5, 0.6) is 5.75 Å². The van der Waals surface area contributed by atoms with Crippen molar-refractivity contribution in [3.63, 3.8) is 0 Å². The van der Waals surface area contributed by atoms with Crippen LogP contribution in [-0.2, 0) is 7.05 Å². The number of nitrogens with one attached hydrogen (secondary N) is 2. The molecule has 1 aromatic carbocycles. The molecule has 0 spiro atoms. The molecule has 0 aliphatic rings. The molecule has 4 aromatic rings. The largest absolute Gasteiger partial charge is 0.495 e. The van der Waals surface area contributed by atoms with Crippen molar-refractivity contribution in [2.24, 2.45) is 7.05 Å². The zero-order valence-corrected chi connectivity index (χ0v) is 16.8. The summed E-state index contributed by atoms with van der Waals surface area (Å²) in [6, 6.07) is 9.21. The number of pyridine rings is 1. The molecule has 0 radical (unpaired) electrons. The van der Waals surface area contributed by atoms with Gasteiger partial charge in [-0.15, -0.1) is 0 Å². The summed E-state index contributed by atoms with van der Waals surface area (Å²) in [5, 5.41) is 10.4. The van der Waals surface area contributed by atoms with Crippen molar-refractivity contribution < 1.29 is 9.53 Å². The van der Waals surface area contributed by atoms with Gasteiger partial charge in [0.1, 0.15) is 17.1 Å². The van der Waals surface area contributed by atoms with E-state index in [2.05, 4.69) is 30.7 Å². The van der Waals surface area contributed by atoms with Crippen LogP contribution in [0.2, 0.25) is 0 Å². The summed E-state index contributed by atoms with van der Waals surface area (Å²) in [4.78, 5) is 25.5. The molecule has 0 bridgehead atoms. The topological polar surface area (TPSA) is 107 Å². The predicted molar refractivity (Wildman–Crippen MR) is 114 cm³/mol. The van der Waals surface area contributed by atoms with Crippen LogP contribution in [0.25, 0.3) is 11.2 Å². The number of rotatable bonds is 6. The summed E-state index contributed by atoms with van der Waals surface area (Å²) >= 11 is 0. The summed E-state index contributed by atoms with van der Waals surface area (Å²) in [6.07, 6.45) is 6.41. The third kappa shape index (κ3) is 4.04. The van der Waals surface area contributed by atoms with Crippen molar-refractivity contribution in [3.8, 4) is 5.75 Å². The molecule has 9 heteroatoms. The number of hydrogen-bond acceptors (Lipinski definition) is 7. The van der Waals surface area contributed by atoms with E-state index < -0.39 is 0 Å². The van der Waals surface area contributed by atoms with E-state index in [0.717, 1.165) is 11.1 Å². The van der Waals surface area contributed by atoms with Crippen LogP contribution in [-0.4, -0.2) is 37.7 Å². The first-order chi connectivity index (χ1) is 14.5. The second-order valence-electron chi connectivity index (χ2n) is 6.79. The minimum Gasteiger partial charge on any atom is -0.495 e. The highest BCUT2D eigenvalue weighted by Crippen LogP contribution is 2.22. The number of carbonyl (C=O) groups is 1. The molecule has 0 saturated heterocycles. The first-order valence-corrected chi connectivity index (χ1v) is 9.35. The third-order valence-electron chi connectivity index (χ3n) is 4.66. The number of nitrogens with zero attached hydrogens (tertiary/aromatic N) is 5. The molecule has 0 unspecified atom stereocenters. The number of anilines is 2. The van der Waals surface area contributed by atoms with Gasteiger partial charge in [0.15, 0.2) is 5.65 Å². The van der Waals surface area contributed by atoms with E-state index in [9.17, 15) is 4.79 Å². The molecule has 3 heterocycles. The number of ether oxygens (including phenoxy) is 1. The average molecular weight is 403 g/mol. The standard InChI is InChI=1S/C21H21N7O2/c1-13(25-19-12-23-18-11-24-28(2)20(18)27-19)14-5-4-6-16(7-14)26-21(29)15-8-17(30-3)10-22-9-15/h4-13H,1-3H3,(H,25,27)(H,26,29)/t13-/m0/s1. The zero-order valence-electron chi connectivity index (χ0n) is 16.8. The SMILES string of the molecule is COc1cncc(C(=O)Nc2cccc([C@H](C)Nc3cnc4cnn(C)c4n3)c2)c1. The molecule has 2 N–H and O–H groups in total. The Morgan fingerprint density at radius 2 is 2.03 bits per heavy atom. The van der Waals surface area contributed by atoms with Gasteiger partial charge in [0.25, 0.3) is 5.91 Å². The molecule has 1 amide bonds. The Hall–Kier alpha value is -4.01. The van der Waals surface area contributed by atoms with Gasteiger partial charge in [-0.3, -0.25) is 9.78 Å². The number of fused-ring (bicyclic) bond motifs is 1. The zero-order chi connectivity index (χ0) is 21.1. The van der Waals surface area contributed by atoms with Crippen LogP contribution >= 0.6 is 0 Å². The van der Waals surface area contributed by atoms with Crippen molar-refractivity contribution in [2.45, 2.75) is 13.0 Å². The monoisotopic (exact) mass is 403 g/mol. The van der Waals surface area contributed by atoms with Gasteiger partial charge in [-0.1, -0.05) is 12.1 Å². The quantitative estimate of drug-likeness (QED) is 0.509. The van der Waals surface area contributed by atoms with E-state index in [0.29, 0.717) is 28.5 Å². The number of carbonyl (C=O) groups excluding carboxylic acids is 1. The number of aryl methyl sites for hydroxylation is 1. The van der Waals surface area contributed by atoms with Gasteiger partial charge in [-0.25, -0.2) is 14.6 Å². The Balaban J connectivity index is 1.48. The van der Waals surface area contributed by atoms with Crippen LogP contribution in [0.15, 0.2) is 55.1 Å². The highest BCUT2D eigenvalue weighted by Gasteiger charge is 2.12. The van der Waals surface area contributed by atoms with Gasteiger partial charge in [-0.2, -0.15) is 5.10 Å². The molecule has 30 heavy (non-hydrogen) atoms. The fourth-order valence-electron chi connectivity index (χ4n) is 3.03. The highest BCUT2D eigenvalue weighted by molar-refractivity contribution is 6.04. The number of benzene rings is 1. The lowest BCUT2D eigenvalue weighted by molar-refractivity contribution is 0.102. The van der Waals surface area contributed by atoms with E-state index in [1.54, 1.807) is 29.3 Å². The molecule has 3 aromatic heterocycles. The highest BCUT2D eigenvalue weighted by atomic mass is 16.5. The normalized spacial score (nSPS) is 11.8. The van der Waals surface area contributed by atoms with Crippen LogP contribution in [0, 0.1) is 0 Å². The Bertz CT molecular complexity index is 1200. The molecular formula is C21H21N7O2. The van der Waals surface area contributed by atoms with Crippen molar-refractivity contribution in [3.05, 3.63) is 66.2 Å². The van der Waals surface area contributed by atoms with E-state index in [1.165, 1.54) is 13.3 Å². The Morgan fingerprint density at radius 1 is 1.17 bits per heavy atom. The summed E-state index contributed by atoms with van der Waals surface area (Å²) in [5.74, 6) is 0.919. The molecule has 1 atom stereocenters. The number of methoxy groups -OCH3 is 1. The number of hydrogen-bond donors (Lipinski definition) is 2. The van der Waals surface area contributed by atoms with E-state index >= 15 is 0 Å². The second-order valence-corrected chi connectivity index (χ2v) is 6.79. The van der Waals surface area contributed by atoms with Crippen molar-refractivity contribution in [1.82, 2.24) is 24.7 Å². The van der Waals surface area contributed by atoms with Crippen molar-refractivity contribution in [2.75, 3.05) is 17.7 Å². The Morgan fingerprint density at radius 3 is 2.87 bits per heavy atom. The molecular weight excluding hydrogens is 382 g/mol. The number of aromatic nitrogens is 5. The first-order valence-electron chi connectivity index (χ1n) is 9.35. The molecule has 152 valence electrons. The second kappa shape index (κ2) is 8.16. The summed E-state index contributed by atoms with van der Waals surface area (Å²) < 4.78 is 6.81. The molecule has 4 rings (SSSR count). The lowest BCUT2D eigenvalue weighted by Gasteiger charge is -2.16. The van der Waals surface area contributed by atoms with Gasteiger partial charge in [0, 0.05) is 18.9 Å². The maximum Gasteiger partial charge on any atom is 0.257 e. The molecule has 9 nitrogen and oxygen atoms in total. The lowest BCUT2D eigenvalue weighted by Crippen LogP contribution is -2.13. The fraction of sp³-hybridized carbons (Fsp3) is 0.190. The van der Waals surface area contributed by atoms with Gasteiger partial charge in [0.05, 0.1) is 37.3 Å². The lowest BCUT2D eigenvalue weighted by atomic mass is 10.1. The fourth-order valence-corrected chi connectivity index (χ4v) is 3.03. The van der Waals surface area contributed by atoms with Crippen LogP contribution < -0.4 is 15.4 Å². The molecule has 0 aliphatic carbocycles. The third-order valence-corrected chi connectivity index (χ3v) is 4.66. The average Bonchev–Trinajstić information content (AvgIpc) is 3.14. The van der Waals surface area contributed by atoms with E-state index in [4.69, 9.17) is 4.74 Å². The van der Waals surface area contributed by atoms with Gasteiger partial charge < -0.3 is 15.4 Å². The van der Waals surface area contributed by atoms with Gasteiger partial charge in [0.2, 0.25) is 0 Å². The molecule has 0 saturated carbocycles. The Kier molecular flexibility index (Phi) is 5.25. The van der Waals surface area contributed by atoms with E-state index in [-0.39, 0.29) is 11.9 Å². The van der Waals surface area contributed by atoms with Gasteiger partial charge in [-0.05, 0) is 30.7 Å². The van der Waals surface area contributed by atoms with Crippen molar-refractivity contribution >= 4 is 28.6 Å². The minimum absolute atomic E-state index is 0.0553. The summed E-state index contributed by atoms with van der Waals surface area (Å²) in [5.41, 5.74) is 3.55. The predicted octanol–water partition coefficient (Wildman–Crippen LogP) is 3.19.